The number of benzene rings is 2. The molecule has 0 spiro atoms. The predicted molar refractivity (Wildman–Crippen MR) is 116 cm³/mol. The van der Waals surface area contributed by atoms with Crippen LogP contribution in [-0.2, 0) is 10.0 Å². The second-order valence-electron chi connectivity index (χ2n) is 7.57. The molecule has 4 rings (SSSR count). The van der Waals surface area contributed by atoms with Gasteiger partial charge in [0.15, 0.2) is 0 Å². The molecule has 10 heteroatoms. The molecule has 1 amide bonds. The third-order valence-corrected chi connectivity index (χ3v) is 7.47. The zero-order chi connectivity index (χ0) is 22.7. The fourth-order valence-corrected chi connectivity index (χ4v) is 5.53. The van der Waals surface area contributed by atoms with Crippen LogP contribution >= 0.6 is 0 Å². The van der Waals surface area contributed by atoms with Gasteiger partial charge in [0.2, 0.25) is 15.9 Å². The van der Waals surface area contributed by atoms with Crippen LogP contribution in [0.25, 0.3) is 11.5 Å². The number of aromatic nitrogens is 2. The molecule has 2 aromatic carbocycles. The first-order valence-corrected chi connectivity index (χ1v) is 11.8. The van der Waals surface area contributed by atoms with Crippen LogP contribution in [0.3, 0.4) is 0 Å². The minimum absolute atomic E-state index is 0.00422. The van der Waals surface area contributed by atoms with E-state index in [1.807, 2.05) is 6.92 Å². The Bertz CT molecular complexity index is 1190. The van der Waals surface area contributed by atoms with Crippen LogP contribution in [0.5, 0.6) is 0 Å². The van der Waals surface area contributed by atoms with Gasteiger partial charge in [0.1, 0.15) is 5.82 Å². The molecule has 1 fully saturated rings. The van der Waals surface area contributed by atoms with Crippen LogP contribution in [0.15, 0.2) is 57.8 Å². The van der Waals surface area contributed by atoms with Gasteiger partial charge in [-0.15, -0.1) is 5.10 Å². The van der Waals surface area contributed by atoms with Crippen molar-refractivity contribution in [1.29, 1.82) is 0 Å². The normalized spacial score (nSPS) is 17.2. The largest absolute Gasteiger partial charge is 0.403 e. The van der Waals surface area contributed by atoms with Crippen molar-refractivity contribution in [2.75, 3.05) is 11.9 Å². The van der Waals surface area contributed by atoms with E-state index < -0.39 is 21.7 Å². The molecular weight excluding hydrogens is 435 g/mol. The Kier molecular flexibility index (Phi) is 6.33. The topological polar surface area (TPSA) is 105 Å². The lowest BCUT2D eigenvalue weighted by atomic mass is 10.0. The standard InChI is InChI=1S/C22H23FN4O4S/c1-2-18-5-3-4-14-27(18)32(29,30)19-12-8-15(9-13-19)20(28)24-22-26-25-21(31-22)16-6-10-17(23)11-7-16/h6-13,18H,2-5,14H2,1H3,(H,24,26,28)/t18-/m0/s1. The monoisotopic (exact) mass is 458 g/mol. The summed E-state index contributed by atoms with van der Waals surface area (Å²) in [7, 11) is -3.62. The number of hydrogen-bond acceptors (Lipinski definition) is 6. The summed E-state index contributed by atoms with van der Waals surface area (Å²) >= 11 is 0. The third kappa shape index (κ3) is 4.56. The first-order valence-electron chi connectivity index (χ1n) is 10.4. The smallest absolute Gasteiger partial charge is 0.322 e. The van der Waals surface area contributed by atoms with Crippen molar-refractivity contribution in [3.05, 3.63) is 59.9 Å². The van der Waals surface area contributed by atoms with E-state index >= 15 is 0 Å². The van der Waals surface area contributed by atoms with Gasteiger partial charge in [0.25, 0.3) is 5.91 Å². The number of sulfonamides is 1. The third-order valence-electron chi connectivity index (χ3n) is 5.50. The number of piperidine rings is 1. The molecule has 0 aliphatic carbocycles. The molecule has 1 N–H and O–H groups in total. The van der Waals surface area contributed by atoms with Crippen LogP contribution < -0.4 is 5.32 Å². The Labute approximate surface area is 185 Å². The zero-order valence-corrected chi connectivity index (χ0v) is 18.3. The number of carbonyl (C=O) groups excluding carboxylic acids is 1. The van der Waals surface area contributed by atoms with Gasteiger partial charge in [0.05, 0.1) is 4.90 Å². The van der Waals surface area contributed by atoms with Crippen LogP contribution in [0.2, 0.25) is 0 Å². The summed E-state index contributed by atoms with van der Waals surface area (Å²) in [4.78, 5) is 12.7. The predicted octanol–water partition coefficient (Wildman–Crippen LogP) is 4.08. The number of amides is 1. The van der Waals surface area contributed by atoms with E-state index in [4.69, 9.17) is 4.42 Å². The number of rotatable bonds is 6. The van der Waals surface area contributed by atoms with E-state index in [9.17, 15) is 17.6 Å². The van der Waals surface area contributed by atoms with Gasteiger partial charge in [-0.3, -0.25) is 10.1 Å². The van der Waals surface area contributed by atoms with Gasteiger partial charge in [-0.25, -0.2) is 12.8 Å². The second kappa shape index (κ2) is 9.17. The summed E-state index contributed by atoms with van der Waals surface area (Å²) in [5, 5.41) is 10.1. The molecule has 3 aromatic rings. The first kappa shape index (κ1) is 22.1. The van der Waals surface area contributed by atoms with E-state index in [0.717, 1.165) is 25.7 Å². The molecule has 32 heavy (non-hydrogen) atoms. The van der Waals surface area contributed by atoms with Crippen LogP contribution in [0.1, 0.15) is 43.0 Å². The molecular formula is C22H23FN4O4S. The molecule has 1 aliphatic rings. The Balaban J connectivity index is 1.46. The van der Waals surface area contributed by atoms with Crippen LogP contribution in [0.4, 0.5) is 10.4 Å². The van der Waals surface area contributed by atoms with Crippen molar-refractivity contribution in [1.82, 2.24) is 14.5 Å². The molecule has 8 nitrogen and oxygen atoms in total. The fraction of sp³-hybridized carbons (Fsp3) is 0.318. The summed E-state index contributed by atoms with van der Waals surface area (Å²) in [6, 6.07) is 11.1. The van der Waals surface area contributed by atoms with Gasteiger partial charge in [0, 0.05) is 23.7 Å². The quantitative estimate of drug-likeness (QED) is 0.597. The highest BCUT2D eigenvalue weighted by molar-refractivity contribution is 7.89. The highest BCUT2D eigenvalue weighted by Crippen LogP contribution is 2.27. The second-order valence-corrected chi connectivity index (χ2v) is 9.46. The number of nitrogens with zero attached hydrogens (tertiary/aromatic N) is 3. The maximum atomic E-state index is 13.1. The lowest BCUT2D eigenvalue weighted by Gasteiger charge is -2.34. The Hall–Kier alpha value is -3.11. The molecule has 2 heterocycles. The molecule has 0 bridgehead atoms. The average molecular weight is 459 g/mol. The summed E-state index contributed by atoms with van der Waals surface area (Å²) in [5.41, 5.74) is 0.758. The average Bonchev–Trinajstić information content (AvgIpc) is 3.28. The number of halogens is 1. The molecule has 0 saturated carbocycles. The Morgan fingerprint density at radius 2 is 1.84 bits per heavy atom. The molecule has 0 unspecified atom stereocenters. The van der Waals surface area contributed by atoms with Crippen LogP contribution in [-0.4, -0.2) is 41.4 Å². The summed E-state index contributed by atoms with van der Waals surface area (Å²) in [6.07, 6.45) is 3.51. The summed E-state index contributed by atoms with van der Waals surface area (Å²) in [6.45, 7) is 2.50. The molecule has 0 radical (unpaired) electrons. The van der Waals surface area contributed by atoms with E-state index in [-0.39, 0.29) is 28.4 Å². The first-order chi connectivity index (χ1) is 15.4. The number of hydrogen-bond donors (Lipinski definition) is 1. The SMILES string of the molecule is CC[C@H]1CCCCN1S(=O)(=O)c1ccc(C(=O)Nc2nnc(-c3ccc(F)cc3)o2)cc1. The summed E-state index contributed by atoms with van der Waals surface area (Å²) < 4.78 is 46.1. The van der Waals surface area contributed by atoms with E-state index in [1.165, 1.54) is 48.5 Å². The van der Waals surface area contributed by atoms with Crippen LogP contribution in [0, 0.1) is 5.82 Å². The van der Waals surface area contributed by atoms with Crippen molar-refractivity contribution < 1.29 is 22.0 Å². The van der Waals surface area contributed by atoms with Crippen molar-refractivity contribution in [3.8, 4) is 11.5 Å². The molecule has 1 aliphatic heterocycles. The van der Waals surface area contributed by atoms with E-state index in [0.29, 0.717) is 12.1 Å². The van der Waals surface area contributed by atoms with E-state index in [1.54, 1.807) is 4.31 Å². The minimum Gasteiger partial charge on any atom is -0.403 e. The number of carbonyl (C=O) groups is 1. The zero-order valence-electron chi connectivity index (χ0n) is 17.5. The van der Waals surface area contributed by atoms with Crippen molar-refractivity contribution >= 4 is 21.9 Å². The van der Waals surface area contributed by atoms with Crippen molar-refractivity contribution in [2.45, 2.75) is 43.5 Å². The molecule has 1 aromatic heterocycles. The number of anilines is 1. The Morgan fingerprint density at radius 3 is 2.53 bits per heavy atom. The fourth-order valence-electron chi connectivity index (χ4n) is 3.76. The Morgan fingerprint density at radius 1 is 1.12 bits per heavy atom. The maximum Gasteiger partial charge on any atom is 0.322 e. The van der Waals surface area contributed by atoms with E-state index in [2.05, 4.69) is 15.5 Å². The molecule has 168 valence electrons. The molecule has 1 saturated heterocycles. The van der Waals surface area contributed by atoms with Gasteiger partial charge in [-0.1, -0.05) is 18.4 Å². The van der Waals surface area contributed by atoms with Gasteiger partial charge in [-0.05, 0) is 67.8 Å². The molecule has 1 atom stereocenters. The number of nitrogens with one attached hydrogen (secondary N) is 1. The highest BCUT2D eigenvalue weighted by atomic mass is 32.2. The van der Waals surface area contributed by atoms with Gasteiger partial charge < -0.3 is 4.42 Å². The van der Waals surface area contributed by atoms with Crippen molar-refractivity contribution in [2.24, 2.45) is 0 Å². The maximum absolute atomic E-state index is 13.1. The lowest BCUT2D eigenvalue weighted by Crippen LogP contribution is -2.43. The lowest BCUT2D eigenvalue weighted by molar-refractivity contribution is 0.102. The minimum atomic E-state index is -3.62. The summed E-state index contributed by atoms with van der Waals surface area (Å²) in [5.74, 6) is -0.779. The highest BCUT2D eigenvalue weighted by Gasteiger charge is 2.32. The van der Waals surface area contributed by atoms with Gasteiger partial charge >= 0.3 is 6.01 Å². The van der Waals surface area contributed by atoms with Crippen molar-refractivity contribution in [3.63, 3.8) is 0 Å². The van der Waals surface area contributed by atoms with Gasteiger partial charge in [-0.2, -0.15) is 4.31 Å².